The number of benzene rings is 1. The number of methoxy groups -OCH3 is 1. The van der Waals surface area contributed by atoms with Crippen molar-refractivity contribution in [2.75, 3.05) is 7.11 Å². The summed E-state index contributed by atoms with van der Waals surface area (Å²) in [6.45, 7) is 0. The van der Waals surface area contributed by atoms with Crippen LogP contribution in [-0.2, 0) is 14.3 Å². The van der Waals surface area contributed by atoms with Crippen molar-refractivity contribution < 1.29 is 28.6 Å². The second-order valence-electron chi connectivity index (χ2n) is 4.08. The van der Waals surface area contributed by atoms with Gasteiger partial charge in [-0.3, -0.25) is 9.59 Å². The molecular formula is C13H13ClFNO5. The molecule has 6 nitrogen and oxygen atoms in total. The van der Waals surface area contributed by atoms with Gasteiger partial charge in [-0.2, -0.15) is 0 Å². The van der Waals surface area contributed by atoms with E-state index in [2.05, 4.69) is 10.1 Å². The van der Waals surface area contributed by atoms with Crippen LogP contribution in [0.5, 0.6) is 0 Å². The highest BCUT2D eigenvalue weighted by Crippen LogP contribution is 2.18. The fourth-order valence-corrected chi connectivity index (χ4v) is 1.71. The van der Waals surface area contributed by atoms with Crippen LogP contribution in [0.25, 0.3) is 0 Å². The Kier molecular flexibility index (Phi) is 6.10. The van der Waals surface area contributed by atoms with Gasteiger partial charge in [-0.1, -0.05) is 17.7 Å². The molecule has 1 aromatic carbocycles. The van der Waals surface area contributed by atoms with Crippen LogP contribution in [0.15, 0.2) is 18.2 Å². The zero-order chi connectivity index (χ0) is 16.0. The predicted octanol–water partition coefficient (Wildman–Crippen LogP) is 1.62. The standard InChI is InChI=1S/C13H13ClFNO5/c1-21-10(17)6-5-9(13(19)20)16-12(18)7-3-2-4-8(14)11(7)15/h2-4,9H,5-6H2,1H3,(H,16,18)(H,19,20)/t9-/m1/s1. The van der Waals surface area contributed by atoms with E-state index in [0.29, 0.717) is 0 Å². The smallest absolute Gasteiger partial charge is 0.326 e. The maximum Gasteiger partial charge on any atom is 0.326 e. The van der Waals surface area contributed by atoms with Crippen molar-refractivity contribution >= 4 is 29.4 Å². The third-order valence-electron chi connectivity index (χ3n) is 2.66. The fourth-order valence-electron chi connectivity index (χ4n) is 1.54. The second kappa shape index (κ2) is 7.58. The van der Waals surface area contributed by atoms with Crippen LogP contribution in [0.1, 0.15) is 23.2 Å². The van der Waals surface area contributed by atoms with Gasteiger partial charge in [0.25, 0.3) is 5.91 Å². The molecule has 0 aliphatic rings. The molecule has 8 heteroatoms. The van der Waals surface area contributed by atoms with Gasteiger partial charge in [0.1, 0.15) is 6.04 Å². The van der Waals surface area contributed by atoms with Gasteiger partial charge in [-0.25, -0.2) is 9.18 Å². The summed E-state index contributed by atoms with van der Waals surface area (Å²) >= 11 is 5.55. The first-order valence-electron chi connectivity index (χ1n) is 5.91. The Morgan fingerprint density at radius 1 is 1.43 bits per heavy atom. The first-order valence-corrected chi connectivity index (χ1v) is 6.29. The number of nitrogens with one attached hydrogen (secondary N) is 1. The van der Waals surface area contributed by atoms with Crippen LogP contribution >= 0.6 is 11.6 Å². The molecule has 2 N–H and O–H groups in total. The van der Waals surface area contributed by atoms with Crippen molar-refractivity contribution in [2.24, 2.45) is 0 Å². The number of carbonyl (C=O) groups excluding carboxylic acids is 2. The van der Waals surface area contributed by atoms with Crippen molar-refractivity contribution in [3.63, 3.8) is 0 Å². The lowest BCUT2D eigenvalue weighted by molar-refractivity contribution is -0.142. The summed E-state index contributed by atoms with van der Waals surface area (Å²) in [6.07, 6.45) is -0.359. The molecule has 0 spiro atoms. The van der Waals surface area contributed by atoms with E-state index in [1.807, 2.05) is 0 Å². The van der Waals surface area contributed by atoms with E-state index >= 15 is 0 Å². The summed E-state index contributed by atoms with van der Waals surface area (Å²) in [5.74, 6) is -3.81. The molecule has 0 radical (unpaired) electrons. The van der Waals surface area contributed by atoms with E-state index in [1.165, 1.54) is 18.2 Å². The van der Waals surface area contributed by atoms with Gasteiger partial charge in [0.15, 0.2) is 5.82 Å². The van der Waals surface area contributed by atoms with E-state index in [1.54, 1.807) is 0 Å². The molecule has 0 saturated carbocycles. The number of carboxylic acids is 1. The lowest BCUT2D eigenvalue weighted by Gasteiger charge is -2.14. The Hall–Kier alpha value is -2.15. The molecule has 0 aliphatic heterocycles. The number of carboxylic acid groups (broad SMARTS) is 1. The number of hydrogen-bond donors (Lipinski definition) is 2. The van der Waals surface area contributed by atoms with Gasteiger partial charge in [-0.05, 0) is 18.6 Å². The molecule has 0 bridgehead atoms. The molecule has 0 heterocycles. The van der Waals surface area contributed by atoms with Crippen molar-refractivity contribution in [2.45, 2.75) is 18.9 Å². The summed E-state index contributed by atoms with van der Waals surface area (Å²) in [5.41, 5.74) is -0.369. The molecule has 0 unspecified atom stereocenters. The van der Waals surface area contributed by atoms with Gasteiger partial charge in [0, 0.05) is 6.42 Å². The van der Waals surface area contributed by atoms with E-state index in [0.717, 1.165) is 7.11 Å². The topological polar surface area (TPSA) is 92.7 Å². The zero-order valence-corrected chi connectivity index (χ0v) is 11.8. The fraction of sp³-hybridized carbons (Fsp3) is 0.308. The van der Waals surface area contributed by atoms with E-state index in [-0.39, 0.29) is 23.4 Å². The van der Waals surface area contributed by atoms with Crippen molar-refractivity contribution in [3.05, 3.63) is 34.6 Å². The van der Waals surface area contributed by atoms with Crippen LogP contribution in [0.4, 0.5) is 4.39 Å². The Balaban J connectivity index is 2.79. The molecule has 0 aromatic heterocycles. The van der Waals surface area contributed by atoms with Gasteiger partial charge in [-0.15, -0.1) is 0 Å². The molecule has 0 aliphatic carbocycles. The van der Waals surface area contributed by atoms with Crippen LogP contribution in [-0.4, -0.2) is 36.1 Å². The minimum atomic E-state index is -1.34. The molecule has 1 amide bonds. The highest BCUT2D eigenvalue weighted by atomic mass is 35.5. The second-order valence-corrected chi connectivity index (χ2v) is 4.49. The highest BCUT2D eigenvalue weighted by molar-refractivity contribution is 6.31. The van der Waals surface area contributed by atoms with Gasteiger partial charge in [0.2, 0.25) is 0 Å². The Bertz CT molecular complexity index is 563. The predicted molar refractivity (Wildman–Crippen MR) is 71.6 cm³/mol. The van der Waals surface area contributed by atoms with Crippen molar-refractivity contribution in [1.29, 1.82) is 0 Å². The number of esters is 1. The van der Waals surface area contributed by atoms with E-state index in [4.69, 9.17) is 16.7 Å². The molecule has 1 rings (SSSR count). The third-order valence-corrected chi connectivity index (χ3v) is 2.96. The van der Waals surface area contributed by atoms with Crippen LogP contribution in [0.2, 0.25) is 5.02 Å². The van der Waals surface area contributed by atoms with Gasteiger partial charge >= 0.3 is 11.9 Å². The minimum Gasteiger partial charge on any atom is -0.480 e. The lowest BCUT2D eigenvalue weighted by Crippen LogP contribution is -2.41. The number of aliphatic carboxylic acids is 1. The first kappa shape index (κ1) is 16.9. The highest BCUT2D eigenvalue weighted by Gasteiger charge is 2.23. The monoisotopic (exact) mass is 317 g/mol. The number of halogens is 2. The molecule has 0 saturated heterocycles. The number of ether oxygens (including phenoxy) is 1. The van der Waals surface area contributed by atoms with Gasteiger partial charge < -0.3 is 15.2 Å². The average Bonchev–Trinajstić information content (AvgIpc) is 2.45. The van der Waals surface area contributed by atoms with Crippen molar-refractivity contribution in [1.82, 2.24) is 5.32 Å². The molecule has 0 fully saturated rings. The summed E-state index contributed by atoms with van der Waals surface area (Å²) in [7, 11) is 1.16. The molecule has 1 atom stereocenters. The summed E-state index contributed by atoms with van der Waals surface area (Å²) in [4.78, 5) is 33.9. The van der Waals surface area contributed by atoms with E-state index < -0.39 is 29.7 Å². The normalized spacial score (nSPS) is 11.6. The minimum absolute atomic E-state index is 0.171. The van der Waals surface area contributed by atoms with Crippen molar-refractivity contribution in [3.8, 4) is 0 Å². The third kappa shape index (κ3) is 4.71. The Morgan fingerprint density at radius 3 is 2.67 bits per heavy atom. The SMILES string of the molecule is COC(=O)CC[C@@H](NC(=O)c1cccc(Cl)c1F)C(=O)O. The van der Waals surface area contributed by atoms with Gasteiger partial charge in [0.05, 0.1) is 17.7 Å². The number of amides is 1. The Morgan fingerprint density at radius 2 is 2.10 bits per heavy atom. The zero-order valence-electron chi connectivity index (χ0n) is 11.1. The molecule has 114 valence electrons. The quantitative estimate of drug-likeness (QED) is 0.778. The van der Waals surface area contributed by atoms with Crippen LogP contribution in [0.3, 0.4) is 0 Å². The molecule has 1 aromatic rings. The maximum absolute atomic E-state index is 13.7. The molecular weight excluding hydrogens is 305 g/mol. The number of hydrogen-bond acceptors (Lipinski definition) is 4. The van der Waals surface area contributed by atoms with Crippen LogP contribution < -0.4 is 5.32 Å². The largest absolute Gasteiger partial charge is 0.480 e. The lowest BCUT2D eigenvalue weighted by atomic mass is 10.1. The molecule has 21 heavy (non-hydrogen) atoms. The Labute approximate surface area is 124 Å². The maximum atomic E-state index is 13.7. The van der Waals surface area contributed by atoms with E-state index in [9.17, 15) is 18.8 Å². The summed E-state index contributed by atoms with van der Waals surface area (Å²) in [6, 6.07) is 2.47. The number of carbonyl (C=O) groups is 3. The summed E-state index contributed by atoms with van der Waals surface area (Å²) in [5, 5.41) is 10.9. The van der Waals surface area contributed by atoms with Crippen LogP contribution in [0, 0.1) is 5.82 Å². The first-order chi connectivity index (χ1) is 9.86. The number of rotatable bonds is 6. The summed E-state index contributed by atoms with van der Waals surface area (Å²) < 4.78 is 18.0. The average molecular weight is 318 g/mol.